The highest BCUT2D eigenvalue weighted by molar-refractivity contribution is 5.87. The van der Waals surface area contributed by atoms with Gasteiger partial charge in [-0.1, -0.05) is 31.2 Å². The van der Waals surface area contributed by atoms with Gasteiger partial charge in [0.2, 0.25) is 11.8 Å². The molecular weight excluding hydrogens is 411 g/mol. The molecule has 2 atom stereocenters. The summed E-state index contributed by atoms with van der Waals surface area (Å²) in [5, 5.41) is 2.92. The number of nitrogens with one attached hydrogen (secondary N) is 1. The van der Waals surface area contributed by atoms with E-state index in [0.717, 1.165) is 12.0 Å². The summed E-state index contributed by atoms with van der Waals surface area (Å²) >= 11 is 0. The van der Waals surface area contributed by atoms with E-state index < -0.39 is 11.9 Å². The highest BCUT2D eigenvalue weighted by atomic mass is 19.1. The number of halogens is 1. The van der Waals surface area contributed by atoms with Crippen LogP contribution < -0.4 is 14.8 Å². The highest BCUT2D eigenvalue weighted by Crippen LogP contribution is 2.31. The fourth-order valence-electron chi connectivity index (χ4n) is 3.50. The molecule has 1 heterocycles. The molecule has 0 saturated heterocycles. The lowest BCUT2D eigenvalue weighted by atomic mass is 10.1. The molecule has 32 heavy (non-hydrogen) atoms. The molecule has 1 N–H and O–H groups in total. The van der Waals surface area contributed by atoms with Crippen molar-refractivity contribution in [2.75, 3.05) is 13.2 Å². The second-order valence-corrected chi connectivity index (χ2v) is 8.08. The Kier molecular flexibility index (Phi) is 8.09. The lowest BCUT2D eigenvalue weighted by molar-refractivity contribution is -0.140. The van der Waals surface area contributed by atoms with Gasteiger partial charge in [0.25, 0.3) is 0 Å². The number of benzene rings is 2. The summed E-state index contributed by atoms with van der Waals surface area (Å²) < 4.78 is 25.4. The van der Waals surface area contributed by atoms with Crippen LogP contribution in [0.15, 0.2) is 42.5 Å². The molecule has 2 aromatic rings. The minimum atomic E-state index is -0.726. The zero-order valence-corrected chi connectivity index (χ0v) is 18.9. The summed E-state index contributed by atoms with van der Waals surface area (Å²) in [5.74, 6) is 0.513. The summed E-state index contributed by atoms with van der Waals surface area (Å²) in [6.45, 7) is 6.62. The summed E-state index contributed by atoms with van der Waals surface area (Å²) in [4.78, 5) is 27.4. The average molecular weight is 443 g/mol. The number of fused-ring (bicyclic) bond motifs is 1. The van der Waals surface area contributed by atoms with Gasteiger partial charge < -0.3 is 19.7 Å². The number of carbonyl (C=O) groups is 2. The second kappa shape index (κ2) is 11.0. The van der Waals surface area contributed by atoms with Crippen molar-refractivity contribution in [3.63, 3.8) is 0 Å². The monoisotopic (exact) mass is 442 g/mol. The topological polar surface area (TPSA) is 67.9 Å². The Morgan fingerprint density at radius 1 is 1.09 bits per heavy atom. The van der Waals surface area contributed by atoms with E-state index in [0.29, 0.717) is 36.7 Å². The van der Waals surface area contributed by atoms with E-state index >= 15 is 0 Å². The maximum Gasteiger partial charge on any atom is 0.242 e. The van der Waals surface area contributed by atoms with Crippen molar-refractivity contribution in [2.45, 2.75) is 58.7 Å². The van der Waals surface area contributed by atoms with Crippen LogP contribution >= 0.6 is 0 Å². The summed E-state index contributed by atoms with van der Waals surface area (Å²) in [6, 6.07) is 11.2. The molecule has 1 aliphatic heterocycles. The van der Waals surface area contributed by atoms with Gasteiger partial charge in [0.15, 0.2) is 11.5 Å². The van der Waals surface area contributed by atoms with Gasteiger partial charge in [0.05, 0.1) is 0 Å². The van der Waals surface area contributed by atoms with Crippen LogP contribution in [-0.4, -0.2) is 42.0 Å². The molecule has 172 valence electrons. The van der Waals surface area contributed by atoms with E-state index in [1.54, 1.807) is 25.1 Å². The summed E-state index contributed by atoms with van der Waals surface area (Å²) in [6.07, 6.45) is 1.45. The van der Waals surface area contributed by atoms with Crippen molar-refractivity contribution in [2.24, 2.45) is 0 Å². The Balaban J connectivity index is 1.73. The van der Waals surface area contributed by atoms with Crippen molar-refractivity contribution >= 4 is 11.8 Å². The van der Waals surface area contributed by atoms with Crippen molar-refractivity contribution < 1.29 is 23.5 Å². The number of aryl methyl sites for hydroxylation is 1. The maximum absolute atomic E-state index is 14.3. The number of hydrogen-bond donors (Lipinski definition) is 1. The molecule has 0 aliphatic carbocycles. The SMILES string of the molecule is CCC(C)NC(=O)C(C)N(Cc1ccccc1F)C(=O)CCc1ccc2c(c1)OCCO2. The van der Waals surface area contributed by atoms with Crippen LogP contribution in [0.25, 0.3) is 0 Å². The number of nitrogens with zero attached hydrogens (tertiary/aromatic N) is 1. The van der Waals surface area contributed by atoms with Gasteiger partial charge in [-0.15, -0.1) is 0 Å². The first-order chi connectivity index (χ1) is 15.4. The van der Waals surface area contributed by atoms with E-state index in [1.165, 1.54) is 11.0 Å². The molecule has 0 fully saturated rings. The summed E-state index contributed by atoms with van der Waals surface area (Å²) in [7, 11) is 0. The third kappa shape index (κ3) is 5.99. The van der Waals surface area contributed by atoms with Crippen molar-refractivity contribution in [1.82, 2.24) is 10.2 Å². The van der Waals surface area contributed by atoms with Gasteiger partial charge in [0.1, 0.15) is 25.1 Å². The van der Waals surface area contributed by atoms with E-state index in [2.05, 4.69) is 5.32 Å². The Bertz CT molecular complexity index is 949. The van der Waals surface area contributed by atoms with Gasteiger partial charge in [-0.05, 0) is 50.5 Å². The molecule has 2 amide bonds. The zero-order valence-electron chi connectivity index (χ0n) is 18.9. The van der Waals surface area contributed by atoms with Gasteiger partial charge >= 0.3 is 0 Å². The number of amides is 2. The smallest absolute Gasteiger partial charge is 0.242 e. The first-order valence-corrected chi connectivity index (χ1v) is 11.1. The fourth-order valence-corrected chi connectivity index (χ4v) is 3.50. The quantitative estimate of drug-likeness (QED) is 0.640. The van der Waals surface area contributed by atoms with Crippen molar-refractivity contribution in [3.8, 4) is 11.5 Å². The van der Waals surface area contributed by atoms with Crippen molar-refractivity contribution in [3.05, 3.63) is 59.4 Å². The standard InChI is InChI=1S/C25H31FN2O4/c1-4-17(2)27-25(30)18(3)28(16-20-7-5-6-8-21(20)26)24(29)12-10-19-9-11-22-23(15-19)32-14-13-31-22/h5-9,11,15,17-18H,4,10,12-14,16H2,1-3H3,(H,27,30). The molecule has 6 nitrogen and oxygen atoms in total. The minimum absolute atomic E-state index is 0.00641. The number of carbonyl (C=O) groups excluding carboxylic acids is 2. The van der Waals surface area contributed by atoms with Crippen LogP contribution in [0, 0.1) is 5.82 Å². The largest absolute Gasteiger partial charge is 0.486 e. The van der Waals surface area contributed by atoms with E-state index in [4.69, 9.17) is 9.47 Å². The second-order valence-electron chi connectivity index (χ2n) is 8.08. The normalized spacial score (nSPS) is 14.4. The fraction of sp³-hybridized carbons (Fsp3) is 0.440. The Hall–Kier alpha value is -3.09. The lowest BCUT2D eigenvalue weighted by Crippen LogP contribution is -2.49. The predicted molar refractivity (Wildman–Crippen MR) is 120 cm³/mol. The lowest BCUT2D eigenvalue weighted by Gasteiger charge is -2.30. The molecule has 1 aliphatic rings. The van der Waals surface area contributed by atoms with Crippen molar-refractivity contribution in [1.29, 1.82) is 0 Å². The van der Waals surface area contributed by atoms with E-state index in [9.17, 15) is 14.0 Å². The maximum atomic E-state index is 14.3. The molecule has 2 unspecified atom stereocenters. The van der Waals surface area contributed by atoms with Crippen LogP contribution in [0.2, 0.25) is 0 Å². The predicted octanol–water partition coefficient (Wildman–Crippen LogP) is 3.86. The third-order valence-electron chi connectivity index (χ3n) is 5.70. The molecule has 0 radical (unpaired) electrons. The molecule has 3 rings (SSSR count). The zero-order chi connectivity index (χ0) is 23.1. The first-order valence-electron chi connectivity index (χ1n) is 11.1. The molecular formula is C25H31FN2O4. The van der Waals surface area contributed by atoms with Gasteiger partial charge in [-0.2, -0.15) is 0 Å². The summed E-state index contributed by atoms with van der Waals surface area (Å²) in [5.41, 5.74) is 1.31. The van der Waals surface area contributed by atoms with Gasteiger partial charge in [-0.25, -0.2) is 4.39 Å². The Morgan fingerprint density at radius 2 is 1.81 bits per heavy atom. The first kappa shape index (κ1) is 23.6. The minimum Gasteiger partial charge on any atom is -0.486 e. The molecule has 2 aromatic carbocycles. The van der Waals surface area contributed by atoms with E-state index in [1.807, 2.05) is 32.0 Å². The Labute approximate surface area is 188 Å². The number of rotatable bonds is 9. The van der Waals surface area contributed by atoms with Gasteiger partial charge in [-0.3, -0.25) is 9.59 Å². The number of hydrogen-bond acceptors (Lipinski definition) is 4. The van der Waals surface area contributed by atoms with E-state index in [-0.39, 0.29) is 30.8 Å². The van der Waals surface area contributed by atoms with Crippen LogP contribution in [0.3, 0.4) is 0 Å². The van der Waals surface area contributed by atoms with Crippen LogP contribution in [0.4, 0.5) is 4.39 Å². The molecule has 0 aromatic heterocycles. The van der Waals surface area contributed by atoms with Gasteiger partial charge in [0, 0.05) is 24.6 Å². The molecule has 7 heteroatoms. The Morgan fingerprint density at radius 3 is 2.53 bits per heavy atom. The average Bonchev–Trinajstić information content (AvgIpc) is 2.81. The third-order valence-corrected chi connectivity index (χ3v) is 5.70. The molecule has 0 saturated carbocycles. The van der Waals surface area contributed by atoms with Crippen LogP contribution in [0.5, 0.6) is 11.5 Å². The molecule has 0 bridgehead atoms. The highest BCUT2D eigenvalue weighted by Gasteiger charge is 2.27. The van der Waals surface area contributed by atoms with Crippen LogP contribution in [-0.2, 0) is 22.6 Å². The van der Waals surface area contributed by atoms with Crippen LogP contribution in [0.1, 0.15) is 44.7 Å². The number of ether oxygens (including phenoxy) is 2. The molecule has 0 spiro atoms.